The fourth-order valence-corrected chi connectivity index (χ4v) is 6.34. The zero-order chi connectivity index (χ0) is 42.5. The zero-order valence-corrected chi connectivity index (χ0v) is 23.2. The summed E-state index contributed by atoms with van der Waals surface area (Å²) in [6.45, 7) is 0. The molecular weight excluding hydrogens is 548 g/mol. The van der Waals surface area contributed by atoms with Crippen LogP contribution in [0.5, 0.6) is 0 Å². The van der Waals surface area contributed by atoms with Crippen LogP contribution in [0.25, 0.3) is 88.1 Å². The van der Waals surface area contributed by atoms with Crippen LogP contribution in [0, 0.1) is 0 Å². The van der Waals surface area contributed by atoms with Crippen molar-refractivity contribution in [1.82, 2.24) is 9.13 Å². The molecule has 3 aromatic heterocycles. The van der Waals surface area contributed by atoms with E-state index in [9.17, 15) is 5.48 Å². The van der Waals surface area contributed by atoms with Crippen molar-refractivity contribution in [3.8, 4) is 22.5 Å². The molecule has 210 valence electrons. The highest BCUT2D eigenvalue weighted by Crippen LogP contribution is 2.40. The molecule has 0 aliphatic carbocycles. The van der Waals surface area contributed by atoms with Crippen LogP contribution < -0.4 is 0 Å². The molecule has 3 nitrogen and oxygen atoms in total. The smallest absolute Gasteiger partial charge is 0.136 e. The molecule has 0 aliphatic rings. The lowest BCUT2D eigenvalue weighted by molar-refractivity contribution is 0.669. The van der Waals surface area contributed by atoms with Crippen LogP contribution >= 0.6 is 0 Å². The molecule has 0 atom stereocenters. The number of benzene rings is 7. The maximum atomic E-state index is 9.95. The Hall–Kier alpha value is -6.06. The van der Waals surface area contributed by atoms with E-state index in [4.69, 9.17) is 19.5 Å². The molecule has 0 bridgehead atoms. The van der Waals surface area contributed by atoms with Crippen molar-refractivity contribution < 1.29 is 25.0 Å². The molecule has 0 fully saturated rings. The van der Waals surface area contributed by atoms with Gasteiger partial charge in [-0.1, -0.05) is 103 Å². The number of para-hydroxylation sites is 4. The molecule has 0 amide bonds. The van der Waals surface area contributed by atoms with Gasteiger partial charge in [-0.15, -0.1) is 0 Å². The minimum atomic E-state index is -0.702. The van der Waals surface area contributed by atoms with Crippen LogP contribution in [0.1, 0.15) is 20.6 Å². The molecular formula is C42H26N2O. The van der Waals surface area contributed by atoms with Gasteiger partial charge in [0.05, 0.1) is 42.6 Å². The van der Waals surface area contributed by atoms with Crippen molar-refractivity contribution >= 4 is 65.6 Å². The summed E-state index contributed by atoms with van der Waals surface area (Å²) in [6.07, 6.45) is 0. The second-order valence-corrected chi connectivity index (χ2v) is 10.6. The molecule has 45 heavy (non-hydrogen) atoms. The molecule has 7 aromatic carbocycles. The molecule has 0 saturated carbocycles. The number of rotatable bonds is 3. The third-order valence-electron chi connectivity index (χ3n) is 8.22. The molecule has 3 heterocycles. The predicted octanol–water partition coefficient (Wildman–Crippen LogP) is 11.4. The molecule has 0 spiro atoms. The highest BCUT2D eigenvalue weighted by molar-refractivity contribution is 6.14. The van der Waals surface area contributed by atoms with E-state index >= 15 is 0 Å². The van der Waals surface area contributed by atoms with Gasteiger partial charge in [0.15, 0.2) is 0 Å². The zero-order valence-electron chi connectivity index (χ0n) is 38.2. The maximum absolute atomic E-state index is 9.95. The van der Waals surface area contributed by atoms with E-state index in [1.54, 1.807) is 18.2 Å². The molecule has 0 radical (unpaired) electrons. The van der Waals surface area contributed by atoms with Gasteiger partial charge in [-0.3, -0.25) is 0 Å². The second-order valence-electron chi connectivity index (χ2n) is 10.6. The number of hydrogen-bond acceptors (Lipinski definition) is 1. The van der Waals surface area contributed by atoms with Crippen LogP contribution in [0.2, 0.25) is 0 Å². The molecule has 10 aromatic rings. The predicted molar refractivity (Wildman–Crippen MR) is 188 cm³/mol. The summed E-state index contributed by atoms with van der Waals surface area (Å²) in [5.41, 5.74) is 1.66. The SMILES string of the molecule is [2H]c1c([2H])c([2H])c2c(c1[2H])c1c([2H])c([2H])c(-n3c4c([2H])c([2H])c([2H])c([2H])c4c4c([2H])c([2H])c([2H])c([2H])c43)c([2H])c1n2-c1cccc(-c2cccc3oc4ccccc4c23)c1. The summed E-state index contributed by atoms with van der Waals surface area (Å²) in [5.74, 6) is 0. The topological polar surface area (TPSA) is 23.0 Å². The van der Waals surface area contributed by atoms with Gasteiger partial charge in [0.1, 0.15) is 11.2 Å². The van der Waals surface area contributed by atoms with Crippen molar-refractivity contribution in [2.75, 3.05) is 0 Å². The molecule has 0 saturated heterocycles. The number of hydrogen-bond donors (Lipinski definition) is 0. The van der Waals surface area contributed by atoms with Crippen LogP contribution in [0.15, 0.2) is 162 Å². The highest BCUT2D eigenvalue weighted by atomic mass is 16.3. The van der Waals surface area contributed by atoms with E-state index in [0.29, 0.717) is 22.4 Å². The van der Waals surface area contributed by atoms with Crippen LogP contribution in [-0.2, 0) is 0 Å². The van der Waals surface area contributed by atoms with Crippen molar-refractivity contribution in [3.05, 3.63) is 157 Å². The largest absolute Gasteiger partial charge is 0.456 e. The molecule has 0 N–H and O–H groups in total. The minimum Gasteiger partial charge on any atom is -0.456 e. The van der Waals surface area contributed by atoms with E-state index in [-0.39, 0.29) is 43.6 Å². The average Bonchev–Trinajstić information content (AvgIpc) is 3.93. The lowest BCUT2D eigenvalue weighted by Crippen LogP contribution is -1.97. The standard InChI is InChI=1S/C42H26N2O/c1-5-18-36-31(13-1)32-14-2-6-19-37(32)43(36)29-23-24-34-33-15-3-7-20-38(33)44(39(34)26-29)28-12-9-11-27(25-28)30-17-10-22-41-42(30)35-16-4-8-21-40(35)45-41/h1-26H/i1D,2D,3D,5D,6D,7D,13D,14D,15D,18D,19D,20D,23D,24D,26D. The summed E-state index contributed by atoms with van der Waals surface area (Å²) < 4.78 is 143. The summed E-state index contributed by atoms with van der Waals surface area (Å²) in [4.78, 5) is 0. The molecule has 0 aliphatic heterocycles. The number of aromatic nitrogens is 2. The van der Waals surface area contributed by atoms with E-state index in [2.05, 4.69) is 0 Å². The first-order chi connectivity index (χ1) is 28.6. The maximum Gasteiger partial charge on any atom is 0.136 e. The number of fused-ring (bicyclic) bond motifs is 9. The molecule has 0 unspecified atom stereocenters. The third kappa shape index (κ3) is 3.46. The Morgan fingerprint density at radius 3 is 1.80 bits per heavy atom. The Morgan fingerprint density at radius 1 is 0.467 bits per heavy atom. The minimum absolute atomic E-state index is 0.0928. The van der Waals surface area contributed by atoms with Gasteiger partial charge >= 0.3 is 0 Å². The first-order valence-electron chi connectivity index (χ1n) is 21.6. The Bertz CT molecular complexity index is 3540. The van der Waals surface area contributed by atoms with Crippen molar-refractivity contribution in [1.29, 1.82) is 0 Å². The first kappa shape index (κ1) is 14.1. The molecule has 10 rings (SSSR count). The average molecular weight is 590 g/mol. The van der Waals surface area contributed by atoms with E-state index in [1.165, 1.54) is 4.57 Å². The van der Waals surface area contributed by atoms with Crippen molar-refractivity contribution in [2.24, 2.45) is 0 Å². The summed E-state index contributed by atoms with van der Waals surface area (Å²) in [6, 6.07) is 10.9. The number of nitrogens with zero attached hydrogens (tertiary/aromatic N) is 2. The van der Waals surface area contributed by atoms with Crippen LogP contribution in [-0.4, -0.2) is 9.13 Å². The van der Waals surface area contributed by atoms with E-state index in [0.717, 1.165) is 20.9 Å². The van der Waals surface area contributed by atoms with Crippen molar-refractivity contribution in [2.45, 2.75) is 0 Å². The van der Waals surface area contributed by atoms with Gasteiger partial charge in [0, 0.05) is 43.7 Å². The fraction of sp³-hybridized carbons (Fsp3) is 0. The van der Waals surface area contributed by atoms with Gasteiger partial charge in [0.2, 0.25) is 0 Å². The Labute approximate surface area is 279 Å². The van der Waals surface area contributed by atoms with E-state index in [1.807, 2.05) is 48.5 Å². The number of furan rings is 1. The lowest BCUT2D eigenvalue weighted by atomic mass is 9.99. The van der Waals surface area contributed by atoms with Gasteiger partial charge < -0.3 is 13.6 Å². The highest BCUT2D eigenvalue weighted by Gasteiger charge is 2.17. The second kappa shape index (κ2) is 9.22. The Balaban J connectivity index is 1.41. The summed E-state index contributed by atoms with van der Waals surface area (Å²) in [7, 11) is 0. The fourth-order valence-electron chi connectivity index (χ4n) is 6.34. The van der Waals surface area contributed by atoms with Gasteiger partial charge in [-0.2, -0.15) is 0 Å². The lowest BCUT2D eigenvalue weighted by Gasteiger charge is -2.13. The Kier molecular flexibility index (Phi) is 2.90. The van der Waals surface area contributed by atoms with Gasteiger partial charge in [-0.05, 0) is 65.6 Å². The summed E-state index contributed by atoms with van der Waals surface area (Å²) in [5, 5.41) is 0.846. The van der Waals surface area contributed by atoms with Crippen molar-refractivity contribution in [3.63, 3.8) is 0 Å². The normalized spacial score (nSPS) is 16.7. The monoisotopic (exact) mass is 589 g/mol. The summed E-state index contributed by atoms with van der Waals surface area (Å²) >= 11 is 0. The van der Waals surface area contributed by atoms with Gasteiger partial charge in [0.25, 0.3) is 0 Å². The third-order valence-corrected chi connectivity index (χ3v) is 8.22. The Morgan fingerprint density at radius 2 is 1.07 bits per heavy atom. The van der Waals surface area contributed by atoms with Crippen LogP contribution in [0.3, 0.4) is 0 Å². The first-order valence-corrected chi connectivity index (χ1v) is 14.1. The van der Waals surface area contributed by atoms with Gasteiger partial charge in [-0.25, -0.2) is 0 Å². The van der Waals surface area contributed by atoms with E-state index < -0.39 is 96.3 Å². The molecule has 3 heteroatoms. The quantitative estimate of drug-likeness (QED) is 0.201. The van der Waals surface area contributed by atoms with Crippen LogP contribution in [0.4, 0.5) is 0 Å².